The topological polar surface area (TPSA) is 121 Å². The summed E-state index contributed by atoms with van der Waals surface area (Å²) < 4.78 is 7.19. The number of para-hydroxylation sites is 1. The van der Waals surface area contributed by atoms with E-state index in [9.17, 15) is 0 Å². The van der Waals surface area contributed by atoms with Crippen LogP contribution < -0.4 is 10.4 Å². The number of rotatable bonds is 13. The van der Waals surface area contributed by atoms with Gasteiger partial charge >= 0.3 is 0 Å². The van der Waals surface area contributed by atoms with Gasteiger partial charge in [0.2, 0.25) is 5.95 Å². The molecular weight excluding hydrogens is 1750 g/mol. The molecule has 0 spiro atoms. The van der Waals surface area contributed by atoms with Gasteiger partial charge in [-0.1, -0.05) is 427 Å². The molecule has 656 valence electrons. The van der Waals surface area contributed by atoms with E-state index in [4.69, 9.17) is 44.9 Å². The van der Waals surface area contributed by atoms with Crippen LogP contribution in [0.5, 0.6) is 0 Å². The van der Waals surface area contributed by atoms with Gasteiger partial charge in [0.15, 0.2) is 46.6 Å². The van der Waals surface area contributed by atoms with Crippen molar-refractivity contribution < 1.29 is 0 Å². The lowest BCUT2D eigenvalue weighted by Crippen LogP contribution is -2.49. The fraction of sp³-hybridized carbons (Fsp3) is 0.0238. The minimum Gasteiger partial charge on any atom is -0.278 e. The van der Waals surface area contributed by atoms with Crippen molar-refractivity contribution in [2.45, 2.75) is 20.5 Å². The molecule has 0 amide bonds. The van der Waals surface area contributed by atoms with Gasteiger partial charge in [-0.15, -0.1) is 22.7 Å². The molecule has 27 rings (SSSR count). The van der Waals surface area contributed by atoms with E-state index >= 15 is 0 Å². The molecule has 0 fully saturated rings. The van der Waals surface area contributed by atoms with Crippen molar-refractivity contribution in [3.8, 4) is 153 Å². The first-order valence-electron chi connectivity index (χ1n) is 46.4. The van der Waals surface area contributed by atoms with Crippen molar-refractivity contribution in [3.63, 3.8) is 0 Å². The van der Waals surface area contributed by atoms with Crippen LogP contribution in [0.15, 0.2) is 461 Å². The Morgan fingerprint density at radius 1 is 0.187 bits per heavy atom. The number of hydrogen-bond donors (Lipinski definition) is 0. The summed E-state index contributed by atoms with van der Waals surface area (Å²) in [6.45, 7) is 4.90. The lowest BCUT2D eigenvalue weighted by atomic mass is 9.97. The highest BCUT2D eigenvalue weighted by Crippen LogP contribution is 2.44. The molecule has 20 aromatic carbocycles. The minimum absolute atomic E-state index is 0. The Morgan fingerprint density at radius 3 is 1.09 bits per heavy atom. The van der Waals surface area contributed by atoms with E-state index in [0.717, 1.165) is 77.4 Å². The molecule has 0 radical (unpaired) electrons. The van der Waals surface area contributed by atoms with Crippen molar-refractivity contribution in [2.24, 2.45) is 0 Å². The summed E-state index contributed by atoms with van der Waals surface area (Å²) in [4.78, 5) is 45.9. The minimum atomic E-state index is -1.88. The Morgan fingerprint density at radius 2 is 0.525 bits per heavy atom. The van der Waals surface area contributed by atoms with E-state index < -0.39 is 8.07 Å². The van der Waals surface area contributed by atoms with Gasteiger partial charge in [-0.2, -0.15) is 9.97 Å². The predicted molar refractivity (Wildman–Crippen MR) is 586 cm³/mol. The van der Waals surface area contributed by atoms with Crippen molar-refractivity contribution in [1.82, 2.24) is 49.4 Å². The summed E-state index contributed by atoms with van der Waals surface area (Å²) in [5, 5.41) is 17.7. The van der Waals surface area contributed by atoms with Gasteiger partial charge in [0.05, 0.1) is 11.0 Å². The fourth-order valence-corrected chi connectivity index (χ4v) is 25.2. The molecule has 13 heteroatoms. The Kier molecular flexibility index (Phi) is 21.8. The Labute approximate surface area is 813 Å². The third-order valence-electron chi connectivity index (χ3n) is 26.8. The molecule has 7 heterocycles. The average molecular weight is 1830 g/mol. The summed E-state index contributed by atoms with van der Waals surface area (Å²) in [6.07, 6.45) is 0. The molecule has 0 atom stereocenters. The summed E-state index contributed by atoms with van der Waals surface area (Å²) in [5.41, 5.74) is 21.9. The average Bonchev–Trinajstić information content (AvgIpc) is 1.57. The lowest BCUT2D eigenvalue weighted by Gasteiger charge is -2.18. The van der Waals surface area contributed by atoms with Crippen molar-refractivity contribution >= 4 is 136 Å². The SMILES string of the molecule is C.C[Si]1(C)c2ccccc2-c2c(-c3nc(-c4ccc(-c5cccc6ccccc56)cc4)nc(-c4ccc5c(c4)sc4ccccc45)n3)cccc21.c1ccc(-c2ccc3c(c2)c2ccccc2n3-c2nc(-c3ccccc3)nc(-c3ccc(-c4cccc5ccccc45)cc3)n2)cc1.c1ccc(-c2nc(-c3cccc(-c4ccc5ccccc5c4)c3)nc(-c3ccc4c(c3)sc3ccccc34)n2)cc1. The first-order valence-corrected chi connectivity index (χ1v) is 51.1. The second-order valence-electron chi connectivity index (χ2n) is 35.4. The van der Waals surface area contributed by atoms with E-state index in [2.05, 4.69) is 412 Å². The molecule has 1 aliphatic rings. The molecule has 10 nitrogen and oxygen atoms in total. The number of thiophene rings is 2. The van der Waals surface area contributed by atoms with Crippen LogP contribution in [-0.2, 0) is 0 Å². The highest BCUT2D eigenvalue weighted by Gasteiger charge is 2.39. The number of nitrogens with zero attached hydrogens (tertiary/aromatic N) is 10. The van der Waals surface area contributed by atoms with E-state index in [1.54, 1.807) is 11.3 Å². The Bertz CT molecular complexity index is 9250. The van der Waals surface area contributed by atoms with E-state index in [0.29, 0.717) is 52.5 Å². The van der Waals surface area contributed by atoms with Crippen molar-refractivity contribution in [1.29, 1.82) is 0 Å². The maximum Gasteiger partial charge on any atom is 0.238 e. The fourth-order valence-electron chi connectivity index (χ4n) is 19.8. The molecule has 0 unspecified atom stereocenters. The lowest BCUT2D eigenvalue weighted by molar-refractivity contribution is 0.953. The van der Waals surface area contributed by atoms with E-state index in [1.165, 1.54) is 128 Å². The van der Waals surface area contributed by atoms with Crippen LogP contribution >= 0.6 is 22.7 Å². The maximum atomic E-state index is 5.26. The third-order valence-corrected chi connectivity index (χ3v) is 32.6. The van der Waals surface area contributed by atoms with Crippen LogP contribution in [0, 0.1) is 0 Å². The van der Waals surface area contributed by atoms with Gasteiger partial charge in [-0.25, -0.2) is 34.9 Å². The van der Waals surface area contributed by atoms with Crippen LogP contribution in [0.2, 0.25) is 13.1 Å². The van der Waals surface area contributed by atoms with Crippen LogP contribution in [0.1, 0.15) is 7.43 Å². The second kappa shape index (κ2) is 35.8. The van der Waals surface area contributed by atoms with Gasteiger partial charge < -0.3 is 0 Å². The first kappa shape index (κ1) is 84.6. The molecule has 1 aliphatic heterocycles. The highest BCUT2D eigenvalue weighted by molar-refractivity contribution is 7.26. The quantitative estimate of drug-likeness (QED) is 0.104. The van der Waals surface area contributed by atoms with Gasteiger partial charge in [0.1, 0.15) is 8.07 Å². The van der Waals surface area contributed by atoms with Crippen LogP contribution in [-0.4, -0.2) is 57.5 Å². The molecule has 0 saturated heterocycles. The van der Waals surface area contributed by atoms with Gasteiger partial charge in [0.25, 0.3) is 0 Å². The number of aromatic nitrogens is 10. The zero-order chi connectivity index (χ0) is 91.7. The second-order valence-corrected chi connectivity index (χ2v) is 41.9. The monoisotopic (exact) mass is 1830 g/mol. The normalized spacial score (nSPS) is 12.0. The van der Waals surface area contributed by atoms with Crippen LogP contribution in [0.3, 0.4) is 0 Å². The van der Waals surface area contributed by atoms with E-state index in [1.807, 2.05) is 78.1 Å². The molecule has 0 saturated carbocycles. The Hall–Kier alpha value is -17.3. The van der Waals surface area contributed by atoms with Gasteiger partial charge in [0, 0.05) is 95.6 Å². The molecule has 0 bridgehead atoms. The standard InChI is InChI=1S/C45H31N3SSi.C43H28N4.C37H23N3S.CH4/c1-50(2)40-19-8-6-15-36(40)42-37(17-10-20-41(42)50)45-47-43(30-23-21-29(22-24-30)33-16-9-12-28-11-3-4-13-32(28)33)46-44(48-45)31-25-26-35-34-14-5-7-18-38(34)49-39(35)27-31;1-3-12-29(13-4-1)34-26-27-40-38(28-34)37-19-9-10-21-39(37)47(40)43-45-41(32-15-5-2-6-16-32)44-42(46-43)33-24-22-31(23-25-33)36-20-11-17-30-14-7-8-18-35(30)36;1-2-10-25(11-3-1)35-38-36(29-14-8-13-27(22-29)28-18-17-24-9-4-5-12-26(24)21-28)40-37(39-35)30-19-20-32-31-15-6-7-16-33(31)41-34(32)23-30;/h3-27H,1-2H3;1-28H;1-23H;1H4. The highest BCUT2D eigenvalue weighted by atomic mass is 32.1. The predicted octanol–water partition coefficient (Wildman–Crippen LogP) is 32.4. The molecule has 0 N–H and O–H groups in total. The molecule has 6 aromatic heterocycles. The molecular formula is C126H86N10S2Si. The third kappa shape index (κ3) is 15.8. The van der Waals surface area contributed by atoms with Crippen LogP contribution in [0.25, 0.3) is 247 Å². The van der Waals surface area contributed by atoms with E-state index in [-0.39, 0.29) is 7.43 Å². The summed E-state index contributed by atoms with van der Waals surface area (Å²) in [5.74, 6) is 5.91. The zero-order valence-electron chi connectivity index (χ0n) is 75.2. The Balaban J connectivity index is 0.000000113. The summed E-state index contributed by atoms with van der Waals surface area (Å²) >= 11 is 3.61. The number of benzene rings is 20. The van der Waals surface area contributed by atoms with Crippen LogP contribution in [0.4, 0.5) is 0 Å². The smallest absolute Gasteiger partial charge is 0.238 e. The zero-order valence-corrected chi connectivity index (χ0v) is 77.8. The number of hydrogen-bond acceptors (Lipinski definition) is 11. The van der Waals surface area contributed by atoms with Crippen molar-refractivity contribution in [3.05, 3.63) is 461 Å². The molecule has 26 aromatic rings. The molecule has 139 heavy (non-hydrogen) atoms. The first-order chi connectivity index (χ1) is 68.1. The molecule has 0 aliphatic carbocycles. The largest absolute Gasteiger partial charge is 0.278 e. The van der Waals surface area contributed by atoms with Gasteiger partial charge in [-0.05, 0) is 153 Å². The summed E-state index contributed by atoms with van der Waals surface area (Å²) in [6, 6.07) is 163. The van der Waals surface area contributed by atoms with Gasteiger partial charge in [-0.3, -0.25) is 4.57 Å². The number of fused-ring (bicyclic) bond motifs is 15. The summed E-state index contributed by atoms with van der Waals surface area (Å²) in [7, 11) is -1.88. The van der Waals surface area contributed by atoms with Crippen molar-refractivity contribution in [2.75, 3.05) is 0 Å². The maximum absolute atomic E-state index is 5.26.